The van der Waals surface area contributed by atoms with Crippen LogP contribution in [0.3, 0.4) is 0 Å². The second-order valence-corrected chi connectivity index (χ2v) is 10.3. The molecule has 0 unspecified atom stereocenters. The van der Waals surface area contributed by atoms with Crippen molar-refractivity contribution in [2.75, 3.05) is 19.5 Å². The Bertz CT molecular complexity index is 1020. The van der Waals surface area contributed by atoms with E-state index in [1.54, 1.807) is 30.3 Å². The molecule has 0 aliphatic heterocycles. The van der Waals surface area contributed by atoms with Crippen LogP contribution in [0.15, 0.2) is 53.4 Å². The molecule has 0 atom stereocenters. The predicted molar refractivity (Wildman–Crippen MR) is 100 cm³/mol. The molecule has 2 aromatic rings. The first kappa shape index (κ1) is 21.2. The van der Waals surface area contributed by atoms with Crippen molar-refractivity contribution < 1.29 is 31.1 Å². The summed E-state index contributed by atoms with van der Waals surface area (Å²) in [7, 11) is -0.965. The van der Waals surface area contributed by atoms with Crippen LogP contribution in [-0.2, 0) is 29.4 Å². The fraction of sp³-hybridized carbons (Fsp3) is 0.235. The fourth-order valence-corrected chi connectivity index (χ4v) is 4.20. The van der Waals surface area contributed by atoms with Crippen molar-refractivity contribution in [1.82, 2.24) is 0 Å². The van der Waals surface area contributed by atoms with E-state index in [0.717, 1.165) is 6.07 Å². The van der Waals surface area contributed by atoms with Crippen molar-refractivity contribution >= 4 is 35.5 Å². The van der Waals surface area contributed by atoms with Gasteiger partial charge in [0.15, 0.2) is 9.84 Å². The van der Waals surface area contributed by atoms with Gasteiger partial charge in [-0.3, -0.25) is 0 Å². The van der Waals surface area contributed by atoms with Gasteiger partial charge in [0.1, 0.15) is 17.9 Å². The van der Waals surface area contributed by atoms with Crippen LogP contribution in [0.25, 0.3) is 0 Å². The number of sulfone groups is 1. The molecule has 0 bridgehead atoms. The number of carbonyl (C=O) groups excluding carboxylic acids is 1. The van der Waals surface area contributed by atoms with Gasteiger partial charge in [0.2, 0.25) is 0 Å². The Morgan fingerprint density at radius 2 is 1.70 bits per heavy atom. The molecule has 0 aromatic heterocycles. The number of rotatable bonds is 8. The van der Waals surface area contributed by atoms with Gasteiger partial charge in [-0.25, -0.2) is 21.6 Å². The summed E-state index contributed by atoms with van der Waals surface area (Å²) >= 11 is 0. The first-order valence-electron chi connectivity index (χ1n) is 7.66. The fourth-order valence-electron chi connectivity index (χ4n) is 2.24. The van der Waals surface area contributed by atoms with Crippen molar-refractivity contribution in [3.8, 4) is 5.75 Å². The molecule has 0 fully saturated rings. The maximum atomic E-state index is 12.2. The summed E-state index contributed by atoms with van der Waals surface area (Å²) < 4.78 is 57.0. The molecule has 0 spiro atoms. The topological polar surface area (TPSA) is 104 Å². The van der Waals surface area contributed by atoms with Gasteiger partial charge in [-0.2, -0.15) is 0 Å². The van der Waals surface area contributed by atoms with E-state index in [2.05, 4.69) is 0 Å². The average molecular weight is 433 g/mol. The predicted octanol–water partition coefficient (Wildman–Crippen LogP) is 2.39. The van der Waals surface area contributed by atoms with E-state index in [-0.39, 0.29) is 34.3 Å². The van der Waals surface area contributed by atoms with Gasteiger partial charge in [0, 0.05) is 10.7 Å². The molecule has 0 N–H and O–H groups in total. The molecule has 0 aliphatic rings. The van der Waals surface area contributed by atoms with Gasteiger partial charge in [-0.1, -0.05) is 30.3 Å². The first-order chi connectivity index (χ1) is 12.6. The molecule has 7 nitrogen and oxygen atoms in total. The van der Waals surface area contributed by atoms with Gasteiger partial charge in [0.05, 0.1) is 23.5 Å². The monoisotopic (exact) mass is 432 g/mol. The summed E-state index contributed by atoms with van der Waals surface area (Å²) in [6, 6.07) is 12.1. The van der Waals surface area contributed by atoms with Crippen LogP contribution in [-0.4, -0.2) is 42.3 Å². The molecule has 0 amide bonds. The minimum atomic E-state index is -4.05. The van der Waals surface area contributed by atoms with E-state index in [0.29, 0.717) is 5.56 Å². The minimum absolute atomic E-state index is 0.0798. The Kier molecular flexibility index (Phi) is 6.85. The quantitative estimate of drug-likeness (QED) is 0.466. The molecule has 146 valence electrons. The molecule has 10 heteroatoms. The van der Waals surface area contributed by atoms with Crippen LogP contribution in [0.2, 0.25) is 0 Å². The number of hydrogen-bond acceptors (Lipinski definition) is 7. The third-order valence-corrected chi connectivity index (χ3v) is 6.44. The highest BCUT2D eigenvalue weighted by atomic mass is 35.7. The number of benzene rings is 2. The summed E-state index contributed by atoms with van der Waals surface area (Å²) in [5.41, 5.74) is 0.463. The standard InChI is InChI=1S/C17H17ClO7S2/c1-24-16-8-7-14(27(18,22)23)11-15(16)17(19)25-9-10-26(20,21)12-13-5-3-2-4-6-13/h2-8,11H,9-10,12H2,1H3. The zero-order valence-electron chi connectivity index (χ0n) is 14.3. The Morgan fingerprint density at radius 1 is 1.04 bits per heavy atom. The van der Waals surface area contributed by atoms with Gasteiger partial charge < -0.3 is 9.47 Å². The zero-order valence-corrected chi connectivity index (χ0v) is 16.7. The van der Waals surface area contributed by atoms with Gasteiger partial charge >= 0.3 is 5.97 Å². The highest BCUT2D eigenvalue weighted by molar-refractivity contribution is 8.13. The smallest absolute Gasteiger partial charge is 0.341 e. The number of ether oxygens (including phenoxy) is 2. The number of esters is 1. The highest BCUT2D eigenvalue weighted by Crippen LogP contribution is 2.25. The zero-order chi connectivity index (χ0) is 20.1. The van der Waals surface area contributed by atoms with E-state index in [1.165, 1.54) is 19.2 Å². The van der Waals surface area contributed by atoms with E-state index in [4.69, 9.17) is 20.2 Å². The number of methoxy groups -OCH3 is 1. The van der Waals surface area contributed by atoms with Crippen LogP contribution in [0.5, 0.6) is 5.75 Å². The number of hydrogen-bond donors (Lipinski definition) is 0. The van der Waals surface area contributed by atoms with Crippen LogP contribution in [0, 0.1) is 0 Å². The van der Waals surface area contributed by atoms with E-state index >= 15 is 0 Å². The molecule has 27 heavy (non-hydrogen) atoms. The van der Waals surface area contributed by atoms with Crippen molar-refractivity contribution in [1.29, 1.82) is 0 Å². The summed E-state index contributed by atoms with van der Waals surface area (Å²) in [5, 5.41) is 0. The van der Waals surface area contributed by atoms with Crippen LogP contribution >= 0.6 is 10.7 Å². The van der Waals surface area contributed by atoms with Crippen molar-refractivity contribution in [2.45, 2.75) is 10.6 Å². The second kappa shape index (κ2) is 8.73. The molecular formula is C17H17ClO7S2. The first-order valence-corrected chi connectivity index (χ1v) is 11.8. The van der Waals surface area contributed by atoms with E-state index in [9.17, 15) is 21.6 Å². The Morgan fingerprint density at radius 3 is 2.30 bits per heavy atom. The molecular weight excluding hydrogens is 416 g/mol. The lowest BCUT2D eigenvalue weighted by Gasteiger charge is -2.10. The summed E-state index contributed by atoms with van der Waals surface area (Å²) in [4.78, 5) is 11.9. The SMILES string of the molecule is COc1ccc(S(=O)(=O)Cl)cc1C(=O)OCCS(=O)(=O)Cc1ccccc1. The van der Waals surface area contributed by atoms with E-state index < -0.39 is 24.9 Å². The molecule has 0 aliphatic carbocycles. The maximum absolute atomic E-state index is 12.2. The molecule has 0 saturated heterocycles. The lowest BCUT2D eigenvalue weighted by Crippen LogP contribution is -2.17. The largest absolute Gasteiger partial charge is 0.496 e. The third kappa shape index (κ3) is 6.23. The van der Waals surface area contributed by atoms with E-state index in [1.807, 2.05) is 0 Å². The molecule has 2 rings (SSSR count). The Hall–Kier alpha value is -2.10. The summed E-state index contributed by atoms with van der Waals surface area (Å²) in [6.45, 7) is -0.380. The number of carbonyl (C=O) groups is 1. The van der Waals surface area contributed by atoms with Crippen molar-refractivity contribution in [2.24, 2.45) is 0 Å². The lowest BCUT2D eigenvalue weighted by atomic mass is 10.2. The lowest BCUT2D eigenvalue weighted by molar-refractivity contribution is 0.0525. The molecule has 2 aromatic carbocycles. The Labute approximate surface area is 162 Å². The third-order valence-electron chi connectivity index (χ3n) is 3.53. The summed E-state index contributed by atoms with van der Waals surface area (Å²) in [5.74, 6) is -1.38. The van der Waals surface area contributed by atoms with Gasteiger partial charge in [-0.15, -0.1) is 0 Å². The maximum Gasteiger partial charge on any atom is 0.341 e. The van der Waals surface area contributed by atoms with Crippen molar-refractivity contribution in [3.05, 3.63) is 59.7 Å². The van der Waals surface area contributed by atoms with Crippen molar-refractivity contribution in [3.63, 3.8) is 0 Å². The normalized spacial score (nSPS) is 11.8. The molecule has 0 heterocycles. The molecule has 0 saturated carbocycles. The van der Waals surface area contributed by atoms with Crippen LogP contribution < -0.4 is 4.74 Å². The minimum Gasteiger partial charge on any atom is -0.496 e. The van der Waals surface area contributed by atoms with Crippen LogP contribution in [0.4, 0.5) is 0 Å². The summed E-state index contributed by atoms with van der Waals surface area (Å²) in [6.07, 6.45) is 0. The average Bonchev–Trinajstić information content (AvgIpc) is 2.60. The van der Waals surface area contributed by atoms with Crippen LogP contribution in [0.1, 0.15) is 15.9 Å². The molecule has 0 radical (unpaired) electrons. The van der Waals surface area contributed by atoms with Gasteiger partial charge in [0.25, 0.3) is 9.05 Å². The highest BCUT2D eigenvalue weighted by Gasteiger charge is 2.20. The van der Waals surface area contributed by atoms with Gasteiger partial charge in [-0.05, 0) is 23.8 Å². The second-order valence-electron chi connectivity index (χ2n) is 5.51. The Balaban J connectivity index is 2.05. The number of halogens is 1.